The molecule has 1 amide bonds. The highest BCUT2D eigenvalue weighted by atomic mass is 35.5. The number of halogens is 1. The van der Waals surface area contributed by atoms with Crippen LogP contribution in [0.4, 0.5) is 5.69 Å². The van der Waals surface area contributed by atoms with Crippen molar-refractivity contribution < 1.29 is 19.6 Å². The monoisotopic (exact) mass is 315 g/mol. The van der Waals surface area contributed by atoms with Crippen molar-refractivity contribution in [2.45, 2.75) is 32.2 Å². The van der Waals surface area contributed by atoms with Gasteiger partial charge >= 0.3 is 5.97 Å². The molecule has 1 heterocycles. The Kier molecular flexibility index (Phi) is 6.04. The number of carboxylic acids is 1. The first-order valence-corrected chi connectivity index (χ1v) is 6.51. The third kappa shape index (κ3) is 5.35. The first-order chi connectivity index (χ1) is 9.81. The molecule has 0 aromatic carbocycles. The molecular formula is C12H14ClN3O5. The summed E-state index contributed by atoms with van der Waals surface area (Å²) in [7, 11) is 0. The minimum atomic E-state index is -0.903. The number of nitro groups is 1. The second-order valence-electron chi connectivity index (χ2n) is 4.45. The topological polar surface area (TPSA) is 122 Å². The van der Waals surface area contributed by atoms with Gasteiger partial charge in [0.1, 0.15) is 11.3 Å². The molecule has 0 bridgehead atoms. The van der Waals surface area contributed by atoms with Crippen LogP contribution in [0, 0.1) is 10.1 Å². The molecule has 0 saturated heterocycles. The molecule has 21 heavy (non-hydrogen) atoms. The average Bonchev–Trinajstić information content (AvgIpc) is 2.38. The molecule has 1 aromatic rings. The predicted octanol–water partition coefficient (Wildman–Crippen LogP) is 2.02. The predicted molar refractivity (Wildman–Crippen MR) is 74.3 cm³/mol. The fourth-order valence-corrected chi connectivity index (χ4v) is 1.82. The SMILES string of the molecule is CC(CCCC(=O)O)NC(=O)c1cc([N+](=O)[O-])cnc1Cl. The molecule has 2 N–H and O–H groups in total. The molecule has 0 aliphatic rings. The van der Waals surface area contributed by atoms with Gasteiger partial charge in [-0.2, -0.15) is 0 Å². The number of aromatic nitrogens is 1. The Morgan fingerprint density at radius 3 is 2.81 bits per heavy atom. The second-order valence-corrected chi connectivity index (χ2v) is 4.81. The first kappa shape index (κ1) is 16.8. The van der Waals surface area contributed by atoms with Gasteiger partial charge in [0, 0.05) is 18.5 Å². The summed E-state index contributed by atoms with van der Waals surface area (Å²) in [6, 6.07) is 0.765. The van der Waals surface area contributed by atoms with Crippen LogP contribution in [0.25, 0.3) is 0 Å². The summed E-state index contributed by atoms with van der Waals surface area (Å²) in [5.74, 6) is -1.49. The van der Waals surface area contributed by atoms with Gasteiger partial charge in [0.25, 0.3) is 11.6 Å². The first-order valence-electron chi connectivity index (χ1n) is 6.14. The van der Waals surface area contributed by atoms with Crippen LogP contribution < -0.4 is 5.32 Å². The Labute approximate surface area is 125 Å². The number of hydrogen-bond donors (Lipinski definition) is 2. The van der Waals surface area contributed by atoms with Crippen molar-refractivity contribution in [3.63, 3.8) is 0 Å². The third-order valence-electron chi connectivity index (χ3n) is 2.69. The molecular weight excluding hydrogens is 302 g/mol. The zero-order valence-corrected chi connectivity index (χ0v) is 12.0. The van der Waals surface area contributed by atoms with Crippen LogP contribution in [0.15, 0.2) is 12.3 Å². The number of aliphatic carboxylic acids is 1. The lowest BCUT2D eigenvalue weighted by atomic mass is 10.1. The standard InChI is InChI=1S/C12H14ClN3O5/c1-7(3-2-4-10(17)18)15-12(19)9-5-8(16(20)21)6-14-11(9)13/h5-7H,2-4H2,1H3,(H,15,19)(H,17,18). The highest BCUT2D eigenvalue weighted by molar-refractivity contribution is 6.32. The Morgan fingerprint density at radius 1 is 1.57 bits per heavy atom. The number of carboxylic acid groups (broad SMARTS) is 1. The van der Waals surface area contributed by atoms with Crippen LogP contribution >= 0.6 is 11.6 Å². The molecule has 9 heteroatoms. The fraction of sp³-hybridized carbons (Fsp3) is 0.417. The van der Waals surface area contributed by atoms with Crippen molar-refractivity contribution in [3.05, 3.63) is 33.1 Å². The Bertz CT molecular complexity index is 564. The van der Waals surface area contributed by atoms with Crippen LogP contribution in [0.1, 0.15) is 36.5 Å². The average molecular weight is 316 g/mol. The number of nitrogens with zero attached hydrogens (tertiary/aromatic N) is 2. The van der Waals surface area contributed by atoms with E-state index in [4.69, 9.17) is 16.7 Å². The van der Waals surface area contributed by atoms with Crippen LogP contribution in [-0.4, -0.2) is 32.9 Å². The molecule has 0 spiro atoms. The van der Waals surface area contributed by atoms with Gasteiger partial charge in [-0.15, -0.1) is 0 Å². The van der Waals surface area contributed by atoms with Gasteiger partial charge in [0.05, 0.1) is 10.5 Å². The summed E-state index contributed by atoms with van der Waals surface area (Å²) in [5, 5.41) is 21.6. The van der Waals surface area contributed by atoms with Crippen molar-refractivity contribution in [2.75, 3.05) is 0 Å². The Balaban J connectivity index is 2.68. The number of hydrogen-bond acceptors (Lipinski definition) is 5. The van der Waals surface area contributed by atoms with Crippen molar-refractivity contribution in [3.8, 4) is 0 Å². The number of nitrogens with one attached hydrogen (secondary N) is 1. The maximum absolute atomic E-state index is 12.0. The molecule has 0 radical (unpaired) electrons. The van der Waals surface area contributed by atoms with Crippen LogP contribution in [-0.2, 0) is 4.79 Å². The molecule has 0 aliphatic heterocycles. The van der Waals surface area contributed by atoms with Crippen molar-refractivity contribution in [2.24, 2.45) is 0 Å². The lowest BCUT2D eigenvalue weighted by molar-refractivity contribution is -0.385. The highest BCUT2D eigenvalue weighted by Gasteiger charge is 2.18. The van der Waals surface area contributed by atoms with E-state index in [1.807, 2.05) is 0 Å². The van der Waals surface area contributed by atoms with Gasteiger partial charge < -0.3 is 10.4 Å². The summed E-state index contributed by atoms with van der Waals surface area (Å²) < 4.78 is 0. The minimum Gasteiger partial charge on any atom is -0.481 e. The summed E-state index contributed by atoms with van der Waals surface area (Å²) in [6.45, 7) is 1.71. The second kappa shape index (κ2) is 7.53. The van der Waals surface area contributed by atoms with E-state index in [2.05, 4.69) is 10.3 Å². The van der Waals surface area contributed by atoms with Crippen LogP contribution in [0.2, 0.25) is 5.15 Å². The maximum atomic E-state index is 12.0. The van der Waals surface area contributed by atoms with E-state index in [0.29, 0.717) is 12.8 Å². The lowest BCUT2D eigenvalue weighted by Gasteiger charge is -2.13. The Morgan fingerprint density at radius 2 is 2.24 bits per heavy atom. The number of carbonyl (C=O) groups excluding carboxylic acids is 1. The molecule has 114 valence electrons. The smallest absolute Gasteiger partial charge is 0.303 e. The zero-order chi connectivity index (χ0) is 16.0. The van der Waals surface area contributed by atoms with Crippen LogP contribution in [0.5, 0.6) is 0 Å². The maximum Gasteiger partial charge on any atom is 0.303 e. The van der Waals surface area contributed by atoms with Gasteiger partial charge in [-0.25, -0.2) is 4.98 Å². The van der Waals surface area contributed by atoms with Gasteiger partial charge in [0.2, 0.25) is 0 Å². The molecule has 0 fully saturated rings. The quantitative estimate of drug-likeness (QED) is 0.451. The summed E-state index contributed by atoms with van der Waals surface area (Å²) in [6.07, 6.45) is 1.87. The molecule has 0 aliphatic carbocycles. The van der Waals surface area contributed by atoms with E-state index in [1.54, 1.807) is 6.92 Å². The normalized spacial score (nSPS) is 11.7. The van der Waals surface area contributed by atoms with Gasteiger partial charge in [0.15, 0.2) is 0 Å². The van der Waals surface area contributed by atoms with E-state index in [1.165, 1.54) is 0 Å². The summed E-state index contributed by atoms with van der Waals surface area (Å²) >= 11 is 5.75. The number of rotatable bonds is 7. The van der Waals surface area contributed by atoms with Crippen molar-refractivity contribution >= 4 is 29.2 Å². The molecule has 1 rings (SSSR count). The Hall–Kier alpha value is -2.22. The van der Waals surface area contributed by atoms with E-state index < -0.39 is 16.8 Å². The molecule has 1 unspecified atom stereocenters. The lowest BCUT2D eigenvalue weighted by Crippen LogP contribution is -2.33. The number of carbonyl (C=O) groups is 2. The number of amides is 1. The number of pyridine rings is 1. The van der Waals surface area contributed by atoms with Gasteiger partial charge in [-0.05, 0) is 19.8 Å². The molecule has 1 aromatic heterocycles. The van der Waals surface area contributed by atoms with Crippen LogP contribution in [0.3, 0.4) is 0 Å². The molecule has 8 nitrogen and oxygen atoms in total. The zero-order valence-electron chi connectivity index (χ0n) is 11.2. The van der Waals surface area contributed by atoms with E-state index in [9.17, 15) is 19.7 Å². The minimum absolute atomic E-state index is 0.0132. The molecule has 1 atom stereocenters. The third-order valence-corrected chi connectivity index (χ3v) is 2.99. The van der Waals surface area contributed by atoms with Gasteiger partial charge in [-0.1, -0.05) is 11.6 Å². The van der Waals surface area contributed by atoms with Crippen molar-refractivity contribution in [1.29, 1.82) is 0 Å². The highest BCUT2D eigenvalue weighted by Crippen LogP contribution is 2.19. The summed E-state index contributed by atoms with van der Waals surface area (Å²) in [4.78, 5) is 35.9. The van der Waals surface area contributed by atoms with E-state index in [0.717, 1.165) is 12.3 Å². The summed E-state index contributed by atoms with van der Waals surface area (Å²) in [5.41, 5.74) is -0.418. The van der Waals surface area contributed by atoms with E-state index in [-0.39, 0.29) is 28.9 Å². The van der Waals surface area contributed by atoms with E-state index >= 15 is 0 Å². The van der Waals surface area contributed by atoms with Gasteiger partial charge in [-0.3, -0.25) is 19.7 Å². The van der Waals surface area contributed by atoms with Crippen molar-refractivity contribution in [1.82, 2.24) is 10.3 Å². The fourth-order valence-electron chi connectivity index (χ4n) is 1.63. The largest absolute Gasteiger partial charge is 0.481 e. The molecule has 0 saturated carbocycles.